The molecule has 0 aliphatic carbocycles. The first-order chi connectivity index (χ1) is 14.9. The minimum atomic E-state index is -1.67. The van der Waals surface area contributed by atoms with Gasteiger partial charge in [-0.1, -0.05) is 18.2 Å². The minimum Gasteiger partial charge on any atom is -0.492 e. The highest BCUT2D eigenvalue weighted by Crippen LogP contribution is 2.28. The van der Waals surface area contributed by atoms with E-state index in [1.54, 1.807) is 17.0 Å². The number of piperidine rings is 1. The van der Waals surface area contributed by atoms with Crippen molar-refractivity contribution in [2.45, 2.75) is 55.1 Å². The summed E-state index contributed by atoms with van der Waals surface area (Å²) in [5, 5.41) is 70.1. The van der Waals surface area contributed by atoms with E-state index in [1.807, 2.05) is 18.2 Å². The fraction of sp³-hybridized carbons (Fsp3) is 0.700. The van der Waals surface area contributed by atoms with Crippen LogP contribution in [-0.2, 0) is 9.47 Å². The van der Waals surface area contributed by atoms with Gasteiger partial charge < -0.3 is 50.0 Å². The van der Waals surface area contributed by atoms with E-state index in [0.717, 1.165) is 0 Å². The number of benzene rings is 1. The van der Waals surface area contributed by atoms with Crippen LogP contribution in [0.3, 0.4) is 0 Å². The Morgan fingerprint density at radius 1 is 0.903 bits per heavy atom. The molecule has 2 aliphatic heterocycles. The Balaban J connectivity index is 1.67. The van der Waals surface area contributed by atoms with Crippen LogP contribution in [0, 0.1) is 0 Å². The van der Waals surface area contributed by atoms with Crippen LogP contribution in [0.2, 0.25) is 0 Å². The Labute approximate surface area is 179 Å². The molecular formula is C20H31NO10. The maximum absolute atomic E-state index is 10.5. The lowest BCUT2D eigenvalue weighted by atomic mass is 9.93. The monoisotopic (exact) mass is 445 g/mol. The molecule has 176 valence electrons. The topological polar surface area (TPSA) is 173 Å². The zero-order chi connectivity index (χ0) is 22.5. The quantitative estimate of drug-likeness (QED) is 0.213. The lowest BCUT2D eigenvalue weighted by Crippen LogP contribution is -2.66. The van der Waals surface area contributed by atoms with Crippen molar-refractivity contribution < 1.29 is 50.0 Å². The third kappa shape index (κ3) is 5.52. The van der Waals surface area contributed by atoms with Gasteiger partial charge in [-0.05, 0) is 12.1 Å². The Bertz CT molecular complexity index is 665. The molecule has 1 aromatic rings. The molecule has 3 rings (SSSR count). The fourth-order valence-electron chi connectivity index (χ4n) is 3.92. The molecule has 1 aromatic carbocycles. The molecular weight excluding hydrogens is 414 g/mol. The van der Waals surface area contributed by atoms with Gasteiger partial charge in [0.15, 0.2) is 6.29 Å². The molecule has 31 heavy (non-hydrogen) atoms. The van der Waals surface area contributed by atoms with Gasteiger partial charge in [0.2, 0.25) is 0 Å². The zero-order valence-electron chi connectivity index (χ0n) is 16.9. The third-order valence-electron chi connectivity index (χ3n) is 5.72. The largest absolute Gasteiger partial charge is 0.492 e. The lowest BCUT2D eigenvalue weighted by molar-refractivity contribution is -0.329. The molecule has 7 N–H and O–H groups in total. The highest BCUT2D eigenvalue weighted by molar-refractivity contribution is 5.20. The van der Waals surface area contributed by atoms with Crippen LogP contribution in [0.1, 0.15) is 0 Å². The SMILES string of the molecule is OC[C@@H]1[C@@H](O[C@H]2O[C@H](CO)[C@@H](O)[C@H](O)[C@H]2O)[C@H](O)[C@@H](O)CN1CCOc1ccccc1. The van der Waals surface area contributed by atoms with Crippen LogP contribution < -0.4 is 4.74 Å². The molecule has 0 bridgehead atoms. The number of aliphatic hydroxyl groups is 7. The van der Waals surface area contributed by atoms with Crippen molar-refractivity contribution in [1.29, 1.82) is 0 Å². The molecule has 0 saturated carbocycles. The standard InChI is InChI=1S/C20H31NO10/c22-9-12-19(31-20-18(28)17(27)16(26)14(10-23)30-20)15(25)13(24)8-21(12)6-7-29-11-4-2-1-3-5-11/h1-5,12-20,22-28H,6-10H2/t12-,13+,14-,15-,16-,17+,18-,19-,20-/m1/s1. The van der Waals surface area contributed by atoms with Gasteiger partial charge in [-0.3, -0.25) is 4.90 Å². The van der Waals surface area contributed by atoms with E-state index in [-0.39, 0.29) is 13.2 Å². The van der Waals surface area contributed by atoms with Crippen molar-refractivity contribution in [2.24, 2.45) is 0 Å². The number of hydrogen-bond acceptors (Lipinski definition) is 11. The van der Waals surface area contributed by atoms with Crippen LogP contribution in [0.4, 0.5) is 0 Å². The predicted molar refractivity (Wildman–Crippen MR) is 105 cm³/mol. The van der Waals surface area contributed by atoms with Crippen molar-refractivity contribution in [3.05, 3.63) is 30.3 Å². The van der Waals surface area contributed by atoms with Crippen LogP contribution in [0.5, 0.6) is 5.75 Å². The van der Waals surface area contributed by atoms with E-state index >= 15 is 0 Å². The Kier molecular flexibility index (Phi) is 8.58. The molecule has 2 fully saturated rings. The van der Waals surface area contributed by atoms with Crippen LogP contribution in [-0.4, -0.2) is 129 Å². The number of aliphatic hydroxyl groups excluding tert-OH is 7. The summed E-state index contributed by atoms with van der Waals surface area (Å²) in [4.78, 5) is 1.69. The highest BCUT2D eigenvalue weighted by atomic mass is 16.7. The van der Waals surface area contributed by atoms with Crippen molar-refractivity contribution in [3.8, 4) is 5.75 Å². The number of ether oxygens (including phenoxy) is 3. The Morgan fingerprint density at radius 3 is 2.26 bits per heavy atom. The van der Waals surface area contributed by atoms with Crippen molar-refractivity contribution in [3.63, 3.8) is 0 Å². The second-order valence-corrected chi connectivity index (χ2v) is 7.76. The predicted octanol–water partition coefficient (Wildman–Crippen LogP) is -3.35. The van der Waals surface area contributed by atoms with Gasteiger partial charge in [-0.15, -0.1) is 0 Å². The molecule has 11 heteroatoms. The number of para-hydroxylation sites is 1. The maximum Gasteiger partial charge on any atom is 0.187 e. The van der Waals surface area contributed by atoms with E-state index in [1.165, 1.54) is 0 Å². The maximum atomic E-state index is 10.5. The van der Waals surface area contributed by atoms with Gasteiger partial charge in [0.25, 0.3) is 0 Å². The second-order valence-electron chi connectivity index (χ2n) is 7.76. The molecule has 0 amide bonds. The number of hydrogen-bond donors (Lipinski definition) is 7. The first-order valence-corrected chi connectivity index (χ1v) is 10.2. The summed E-state index contributed by atoms with van der Waals surface area (Å²) < 4.78 is 16.7. The molecule has 11 nitrogen and oxygen atoms in total. The van der Waals surface area contributed by atoms with Gasteiger partial charge in [0.05, 0.1) is 25.4 Å². The summed E-state index contributed by atoms with van der Waals surface area (Å²) in [5.41, 5.74) is 0. The molecule has 2 heterocycles. The van der Waals surface area contributed by atoms with Crippen molar-refractivity contribution in [2.75, 3.05) is 32.9 Å². The molecule has 2 aliphatic rings. The van der Waals surface area contributed by atoms with Crippen LogP contribution >= 0.6 is 0 Å². The summed E-state index contributed by atoms with van der Waals surface area (Å²) in [6, 6.07) is 8.34. The Hall–Kier alpha value is -1.38. The van der Waals surface area contributed by atoms with Crippen molar-refractivity contribution in [1.82, 2.24) is 4.90 Å². The van der Waals surface area contributed by atoms with Gasteiger partial charge in [0.1, 0.15) is 49.0 Å². The van der Waals surface area contributed by atoms with Gasteiger partial charge in [0, 0.05) is 13.1 Å². The van der Waals surface area contributed by atoms with E-state index in [0.29, 0.717) is 12.3 Å². The third-order valence-corrected chi connectivity index (χ3v) is 5.72. The number of nitrogens with zero attached hydrogens (tertiary/aromatic N) is 1. The van der Waals surface area contributed by atoms with Gasteiger partial charge in [-0.2, -0.15) is 0 Å². The summed E-state index contributed by atoms with van der Waals surface area (Å²) in [6.45, 7) is -0.460. The van der Waals surface area contributed by atoms with Crippen LogP contribution in [0.25, 0.3) is 0 Å². The van der Waals surface area contributed by atoms with Crippen molar-refractivity contribution >= 4 is 0 Å². The Morgan fingerprint density at radius 2 is 1.61 bits per heavy atom. The summed E-state index contributed by atoms with van der Waals surface area (Å²) in [5.74, 6) is 0.662. The molecule has 0 aromatic heterocycles. The molecule has 0 unspecified atom stereocenters. The minimum absolute atomic E-state index is 0.0546. The van der Waals surface area contributed by atoms with E-state index in [2.05, 4.69) is 0 Å². The van der Waals surface area contributed by atoms with Gasteiger partial charge in [-0.25, -0.2) is 0 Å². The average Bonchev–Trinajstić information content (AvgIpc) is 2.78. The zero-order valence-corrected chi connectivity index (χ0v) is 16.9. The first-order valence-electron chi connectivity index (χ1n) is 10.2. The first kappa shape index (κ1) is 24.3. The van der Waals surface area contributed by atoms with E-state index in [4.69, 9.17) is 14.2 Å². The second kappa shape index (κ2) is 11.0. The highest BCUT2D eigenvalue weighted by Gasteiger charge is 2.49. The summed E-state index contributed by atoms with van der Waals surface area (Å²) in [7, 11) is 0. The molecule has 2 saturated heterocycles. The van der Waals surface area contributed by atoms with E-state index in [9.17, 15) is 35.7 Å². The average molecular weight is 445 g/mol. The molecule has 0 spiro atoms. The number of rotatable bonds is 8. The number of β-amino-alcohol motifs (C(OH)–C–C–N with tert-alkyl or cyclic N) is 1. The van der Waals surface area contributed by atoms with Gasteiger partial charge >= 0.3 is 0 Å². The smallest absolute Gasteiger partial charge is 0.187 e. The van der Waals surface area contributed by atoms with E-state index < -0.39 is 68.3 Å². The van der Waals surface area contributed by atoms with Crippen LogP contribution in [0.15, 0.2) is 30.3 Å². The summed E-state index contributed by atoms with van der Waals surface area (Å²) >= 11 is 0. The fourth-order valence-corrected chi connectivity index (χ4v) is 3.92. The molecule has 0 radical (unpaired) electrons. The number of likely N-dealkylation sites (tertiary alicyclic amines) is 1. The molecule has 9 atom stereocenters. The normalized spacial score (nSPS) is 39.4. The summed E-state index contributed by atoms with van der Waals surface area (Å²) in [6.07, 6.45) is -11.4. The lowest BCUT2D eigenvalue weighted by Gasteiger charge is -2.48.